The van der Waals surface area contributed by atoms with Gasteiger partial charge in [0.2, 0.25) is 0 Å². The first-order valence-electron chi connectivity index (χ1n) is 14.5. The van der Waals surface area contributed by atoms with Gasteiger partial charge in [-0.1, -0.05) is 49.1 Å². The summed E-state index contributed by atoms with van der Waals surface area (Å²) in [5.74, 6) is 0.908. The number of rotatable bonds is 11. The maximum atomic E-state index is 13.7. The molecule has 2 saturated heterocycles. The molecule has 4 atom stereocenters. The van der Waals surface area contributed by atoms with Crippen molar-refractivity contribution in [1.82, 2.24) is 24.0 Å². The van der Waals surface area contributed by atoms with E-state index in [1.807, 2.05) is 74.7 Å². The number of carbonyl (C=O) groups is 1. The number of ether oxygens (including phenoxy) is 2. The molecule has 5 rings (SSSR count). The number of benzene rings is 1. The molecule has 0 saturated carbocycles. The van der Waals surface area contributed by atoms with Gasteiger partial charge in [-0.2, -0.15) is 5.10 Å². The molecule has 2 aliphatic rings. The van der Waals surface area contributed by atoms with Crippen LogP contribution in [-0.4, -0.2) is 73.4 Å². The van der Waals surface area contributed by atoms with E-state index in [9.17, 15) is 9.35 Å². The van der Waals surface area contributed by atoms with Crippen molar-refractivity contribution in [2.75, 3.05) is 26.7 Å². The Morgan fingerprint density at radius 2 is 2.05 bits per heavy atom. The standard InChI is InChI=1S/C33H39N5O4S/c1-5-7-13-25(6-2)32-27(20-35-36(32)3)33(39)37-21-30(41-4)31(22-37)42-26-14-10-12-24(19-26)23-43(40)38-18-11-16-29(38)28-15-8-9-17-34-28/h5-10,12-15,17,19-20,29-31H,2,11,16,18,21-23H2,1,3-4H3/b7-5-,25-13+. The minimum Gasteiger partial charge on any atom is -0.598 e. The SMILES string of the molecule is C=C/C(=C\C=C/C)c1c(C(=O)N2CC(OC)C(Oc3cccc(C[S+]([O-])N4CCCC4c4ccccn4)c3)C2)cnn1C. The second-order valence-corrected chi connectivity index (χ2v) is 12.1. The molecule has 43 heavy (non-hydrogen) atoms. The van der Waals surface area contributed by atoms with Crippen LogP contribution in [0.5, 0.6) is 5.75 Å². The fraction of sp³-hybridized carbons (Fsp3) is 0.364. The topological polar surface area (TPSA) is 95.8 Å². The largest absolute Gasteiger partial charge is 0.598 e. The van der Waals surface area contributed by atoms with Crippen molar-refractivity contribution in [2.45, 2.75) is 43.8 Å². The minimum absolute atomic E-state index is 0.0624. The number of likely N-dealkylation sites (tertiary alicyclic amines) is 1. The summed E-state index contributed by atoms with van der Waals surface area (Å²) in [6, 6.07) is 13.6. The molecule has 3 aromatic rings. The molecule has 10 heteroatoms. The van der Waals surface area contributed by atoms with E-state index < -0.39 is 11.4 Å². The Balaban J connectivity index is 1.26. The lowest BCUT2D eigenvalue weighted by atomic mass is 10.1. The summed E-state index contributed by atoms with van der Waals surface area (Å²) in [4.78, 5) is 20.0. The lowest BCUT2D eigenvalue weighted by molar-refractivity contribution is 0.0339. The highest BCUT2D eigenvalue weighted by molar-refractivity contribution is 7.88. The first-order valence-corrected chi connectivity index (χ1v) is 15.8. The van der Waals surface area contributed by atoms with Crippen LogP contribution in [0, 0.1) is 0 Å². The number of hydrogen-bond donors (Lipinski definition) is 0. The average Bonchev–Trinajstić information content (AvgIpc) is 3.77. The minimum atomic E-state index is -1.20. The number of allylic oxidation sites excluding steroid dienone is 5. The van der Waals surface area contributed by atoms with Gasteiger partial charge in [-0.25, -0.2) is 0 Å². The third kappa shape index (κ3) is 6.94. The Bertz CT molecular complexity index is 1470. The molecule has 226 valence electrons. The molecular weight excluding hydrogens is 562 g/mol. The van der Waals surface area contributed by atoms with Gasteiger partial charge in [0.25, 0.3) is 5.91 Å². The second kappa shape index (κ2) is 14.2. The van der Waals surface area contributed by atoms with Gasteiger partial charge < -0.3 is 18.9 Å². The van der Waals surface area contributed by atoms with Crippen LogP contribution in [0.1, 0.15) is 53.1 Å². The molecule has 1 amide bonds. The monoisotopic (exact) mass is 601 g/mol. The summed E-state index contributed by atoms with van der Waals surface area (Å²) in [6.07, 6.45) is 12.1. The smallest absolute Gasteiger partial charge is 0.257 e. The number of methoxy groups -OCH3 is 1. The van der Waals surface area contributed by atoms with E-state index in [4.69, 9.17) is 9.47 Å². The van der Waals surface area contributed by atoms with E-state index in [-0.39, 0.29) is 24.2 Å². The highest BCUT2D eigenvalue weighted by Gasteiger charge is 2.39. The molecule has 0 N–H and O–H groups in total. The predicted octanol–water partition coefficient (Wildman–Crippen LogP) is 4.88. The van der Waals surface area contributed by atoms with Crippen LogP contribution in [0.15, 0.2) is 85.7 Å². The maximum Gasteiger partial charge on any atom is 0.257 e. The first-order chi connectivity index (χ1) is 20.9. The molecule has 2 aliphatic heterocycles. The van der Waals surface area contributed by atoms with Crippen LogP contribution in [0.3, 0.4) is 0 Å². The van der Waals surface area contributed by atoms with Gasteiger partial charge >= 0.3 is 0 Å². The third-order valence-corrected chi connectivity index (χ3v) is 9.45. The van der Waals surface area contributed by atoms with Crippen molar-refractivity contribution in [1.29, 1.82) is 0 Å². The molecule has 2 fully saturated rings. The van der Waals surface area contributed by atoms with Crippen LogP contribution in [0.4, 0.5) is 0 Å². The van der Waals surface area contributed by atoms with Crippen LogP contribution < -0.4 is 4.74 Å². The average molecular weight is 602 g/mol. The lowest BCUT2D eigenvalue weighted by Gasteiger charge is -2.26. The molecular formula is C33H39N5O4S. The highest BCUT2D eigenvalue weighted by atomic mass is 32.2. The summed E-state index contributed by atoms with van der Waals surface area (Å²) in [5.41, 5.74) is 3.91. The molecule has 0 spiro atoms. The van der Waals surface area contributed by atoms with E-state index in [0.717, 1.165) is 36.2 Å². The van der Waals surface area contributed by atoms with Gasteiger partial charge in [-0.15, -0.1) is 4.31 Å². The molecule has 4 heterocycles. The summed E-state index contributed by atoms with van der Waals surface area (Å²) in [5, 5.41) is 4.36. The van der Waals surface area contributed by atoms with Gasteiger partial charge in [0.1, 0.15) is 18.0 Å². The highest BCUT2D eigenvalue weighted by Crippen LogP contribution is 2.34. The lowest BCUT2D eigenvalue weighted by Crippen LogP contribution is -2.32. The number of aromatic nitrogens is 3. The second-order valence-electron chi connectivity index (χ2n) is 10.7. The van der Waals surface area contributed by atoms with Gasteiger partial charge in [0.15, 0.2) is 5.75 Å². The fourth-order valence-corrected chi connectivity index (χ4v) is 7.22. The summed E-state index contributed by atoms with van der Waals surface area (Å²) in [7, 11) is 3.45. The van der Waals surface area contributed by atoms with Crippen molar-refractivity contribution < 1.29 is 18.8 Å². The van der Waals surface area contributed by atoms with E-state index in [2.05, 4.69) is 21.0 Å². The molecule has 0 bridgehead atoms. The van der Waals surface area contributed by atoms with Crippen molar-refractivity contribution in [3.8, 4) is 5.75 Å². The van der Waals surface area contributed by atoms with Gasteiger partial charge in [-0.3, -0.25) is 14.5 Å². The fourth-order valence-electron chi connectivity index (χ4n) is 5.76. The number of amides is 1. The van der Waals surface area contributed by atoms with Gasteiger partial charge in [0.05, 0.1) is 42.3 Å². The number of hydrogen-bond acceptors (Lipinski definition) is 7. The molecule has 0 aliphatic carbocycles. The molecule has 4 unspecified atom stereocenters. The Kier molecular flexibility index (Phi) is 10.1. The van der Waals surface area contributed by atoms with E-state index in [1.165, 1.54) is 0 Å². The van der Waals surface area contributed by atoms with Crippen LogP contribution >= 0.6 is 0 Å². The van der Waals surface area contributed by atoms with E-state index in [0.29, 0.717) is 35.8 Å². The number of pyridine rings is 1. The Morgan fingerprint density at radius 3 is 2.79 bits per heavy atom. The quantitative estimate of drug-likeness (QED) is 0.228. The number of carbonyl (C=O) groups excluding carboxylic acids is 1. The third-order valence-electron chi connectivity index (χ3n) is 7.91. The summed E-state index contributed by atoms with van der Waals surface area (Å²) in [6.45, 7) is 7.40. The summed E-state index contributed by atoms with van der Waals surface area (Å²) < 4.78 is 29.3. The van der Waals surface area contributed by atoms with Crippen molar-refractivity contribution in [2.24, 2.45) is 7.05 Å². The van der Waals surface area contributed by atoms with Gasteiger partial charge in [-0.05, 0) is 49.6 Å². The van der Waals surface area contributed by atoms with Crippen molar-refractivity contribution in [3.63, 3.8) is 0 Å². The Hall–Kier alpha value is -3.70. The van der Waals surface area contributed by atoms with E-state index in [1.54, 1.807) is 35.2 Å². The zero-order valence-electron chi connectivity index (χ0n) is 25.0. The Morgan fingerprint density at radius 1 is 1.21 bits per heavy atom. The maximum absolute atomic E-state index is 13.7. The predicted molar refractivity (Wildman–Crippen MR) is 169 cm³/mol. The summed E-state index contributed by atoms with van der Waals surface area (Å²) >= 11 is -1.20. The van der Waals surface area contributed by atoms with Crippen molar-refractivity contribution >= 4 is 22.8 Å². The molecule has 1 aromatic carbocycles. The van der Waals surface area contributed by atoms with Crippen LogP contribution in [0.2, 0.25) is 0 Å². The first kappa shape index (κ1) is 30.7. The van der Waals surface area contributed by atoms with E-state index >= 15 is 0 Å². The van der Waals surface area contributed by atoms with Gasteiger partial charge in [0, 0.05) is 43.8 Å². The van der Waals surface area contributed by atoms with Crippen LogP contribution in [0.25, 0.3) is 5.57 Å². The zero-order valence-corrected chi connectivity index (χ0v) is 25.8. The van der Waals surface area contributed by atoms with Crippen molar-refractivity contribution in [3.05, 3.63) is 108 Å². The molecule has 0 radical (unpaired) electrons. The normalized spacial score (nSPS) is 21.9. The number of aryl methyl sites for hydroxylation is 1. The number of nitrogens with zero attached hydrogens (tertiary/aromatic N) is 5. The molecule has 2 aromatic heterocycles. The molecule has 9 nitrogen and oxygen atoms in total. The Labute approximate surface area is 256 Å². The zero-order chi connectivity index (χ0) is 30.3. The van der Waals surface area contributed by atoms with Crippen LogP contribution in [-0.2, 0) is 28.9 Å².